The Hall–Kier alpha value is -2.70. The van der Waals surface area contributed by atoms with Crippen LogP contribution in [0.1, 0.15) is 42.3 Å². The molecule has 0 N–H and O–H groups in total. The molecule has 0 spiro atoms. The van der Waals surface area contributed by atoms with Gasteiger partial charge in [-0.3, -0.25) is 9.59 Å². The monoisotopic (exact) mass is 407 g/mol. The topological polar surface area (TPSA) is 71.3 Å². The van der Waals surface area contributed by atoms with Crippen LogP contribution in [0, 0.1) is 25.7 Å². The van der Waals surface area contributed by atoms with Gasteiger partial charge < -0.3 is 14.4 Å². The number of hydrogen-bond donors (Lipinski definition) is 0. The van der Waals surface area contributed by atoms with Gasteiger partial charge in [-0.15, -0.1) is 0 Å². The minimum Gasteiger partial charge on any atom is -0.341 e. The molecule has 3 atom stereocenters. The van der Waals surface area contributed by atoms with Gasteiger partial charge in [0.2, 0.25) is 11.9 Å². The molecule has 1 unspecified atom stereocenters. The van der Waals surface area contributed by atoms with Crippen LogP contribution in [0.3, 0.4) is 0 Å². The van der Waals surface area contributed by atoms with E-state index in [0.717, 1.165) is 68.5 Å². The third-order valence-electron chi connectivity index (χ3n) is 6.82. The normalized spacial score (nSPS) is 25.7. The third-order valence-corrected chi connectivity index (χ3v) is 6.82. The maximum atomic E-state index is 13.5. The Balaban J connectivity index is 1.32. The Morgan fingerprint density at radius 3 is 2.67 bits per heavy atom. The van der Waals surface area contributed by atoms with Crippen molar-refractivity contribution in [3.05, 3.63) is 51.7 Å². The highest BCUT2D eigenvalue weighted by Gasteiger charge is 2.39. The molecule has 2 aromatic heterocycles. The van der Waals surface area contributed by atoms with Gasteiger partial charge >= 0.3 is 0 Å². The zero-order valence-corrected chi connectivity index (χ0v) is 17.8. The molecule has 0 aliphatic carbocycles. The SMILES string of the molecule is Cc1cc(C)nc(N2CCCC(C(=O)N3C[C@H]4C[C@@H](C3)c3cccc(=O)n3C4)C2)n1. The van der Waals surface area contributed by atoms with Gasteiger partial charge in [0.05, 0.1) is 5.92 Å². The Morgan fingerprint density at radius 1 is 1.07 bits per heavy atom. The lowest BCUT2D eigenvalue weighted by Gasteiger charge is -2.44. The summed E-state index contributed by atoms with van der Waals surface area (Å²) < 4.78 is 1.92. The minimum atomic E-state index is -0.0139. The third kappa shape index (κ3) is 3.50. The van der Waals surface area contributed by atoms with Crippen LogP contribution in [0.4, 0.5) is 5.95 Å². The lowest BCUT2D eigenvalue weighted by Crippen LogP contribution is -2.52. The van der Waals surface area contributed by atoms with Crippen molar-refractivity contribution in [2.24, 2.45) is 11.8 Å². The van der Waals surface area contributed by atoms with Crippen LogP contribution in [0.5, 0.6) is 0 Å². The lowest BCUT2D eigenvalue weighted by molar-refractivity contribution is -0.138. The highest BCUT2D eigenvalue weighted by atomic mass is 16.2. The summed E-state index contributed by atoms with van der Waals surface area (Å²) in [5.74, 6) is 1.61. The first kappa shape index (κ1) is 19.3. The van der Waals surface area contributed by atoms with E-state index >= 15 is 0 Å². The van der Waals surface area contributed by atoms with E-state index in [0.29, 0.717) is 12.5 Å². The van der Waals surface area contributed by atoms with Gasteiger partial charge in [0.1, 0.15) is 0 Å². The number of piperidine rings is 2. The predicted octanol–water partition coefficient (Wildman–Crippen LogP) is 2.12. The number of fused-ring (bicyclic) bond motifs is 4. The first-order valence-electron chi connectivity index (χ1n) is 11.0. The second kappa shape index (κ2) is 7.52. The molecule has 5 rings (SSSR count). The van der Waals surface area contributed by atoms with E-state index in [2.05, 4.69) is 25.8 Å². The van der Waals surface area contributed by atoms with Crippen LogP contribution in [-0.4, -0.2) is 51.5 Å². The Kier molecular flexibility index (Phi) is 4.83. The molecular formula is C23H29N5O2. The van der Waals surface area contributed by atoms with Gasteiger partial charge in [-0.05, 0) is 51.2 Å². The Morgan fingerprint density at radius 2 is 1.87 bits per heavy atom. The smallest absolute Gasteiger partial charge is 0.250 e. The first-order valence-corrected chi connectivity index (χ1v) is 11.0. The summed E-state index contributed by atoms with van der Waals surface area (Å²) in [5, 5.41) is 0. The molecule has 0 saturated carbocycles. The molecule has 0 radical (unpaired) electrons. The van der Waals surface area contributed by atoms with Crippen LogP contribution >= 0.6 is 0 Å². The summed E-state index contributed by atoms with van der Waals surface area (Å²) in [7, 11) is 0. The quantitative estimate of drug-likeness (QED) is 0.763. The molecule has 2 fully saturated rings. The van der Waals surface area contributed by atoms with Gasteiger partial charge in [-0.2, -0.15) is 0 Å². The number of aryl methyl sites for hydroxylation is 2. The molecular weight excluding hydrogens is 378 g/mol. The fourth-order valence-corrected chi connectivity index (χ4v) is 5.54. The van der Waals surface area contributed by atoms with Crippen molar-refractivity contribution in [1.82, 2.24) is 19.4 Å². The number of rotatable bonds is 2. The van der Waals surface area contributed by atoms with E-state index in [4.69, 9.17) is 0 Å². The van der Waals surface area contributed by atoms with Gasteiger partial charge in [-0.1, -0.05) is 6.07 Å². The number of aromatic nitrogens is 3. The largest absolute Gasteiger partial charge is 0.341 e. The Labute approximate surface area is 176 Å². The minimum absolute atomic E-state index is 0.0139. The molecule has 2 aromatic rings. The van der Waals surface area contributed by atoms with E-state index in [-0.39, 0.29) is 23.3 Å². The zero-order chi connectivity index (χ0) is 20.8. The van der Waals surface area contributed by atoms with Crippen molar-refractivity contribution in [2.45, 2.75) is 45.6 Å². The number of carbonyl (C=O) groups is 1. The van der Waals surface area contributed by atoms with E-state index in [1.165, 1.54) is 0 Å². The van der Waals surface area contributed by atoms with Crippen molar-refractivity contribution < 1.29 is 4.79 Å². The summed E-state index contributed by atoms with van der Waals surface area (Å²) in [6.45, 7) is 7.75. The van der Waals surface area contributed by atoms with Gasteiger partial charge in [0.25, 0.3) is 5.56 Å². The molecule has 3 aliphatic heterocycles. The molecule has 0 aromatic carbocycles. The molecule has 7 nitrogen and oxygen atoms in total. The summed E-state index contributed by atoms with van der Waals surface area (Å²) in [5.41, 5.74) is 3.09. The number of carbonyl (C=O) groups excluding carboxylic acids is 1. The van der Waals surface area contributed by atoms with E-state index in [9.17, 15) is 9.59 Å². The fraction of sp³-hybridized carbons (Fsp3) is 0.565. The van der Waals surface area contributed by atoms with Crippen LogP contribution in [0.2, 0.25) is 0 Å². The van der Waals surface area contributed by atoms with Crippen molar-refractivity contribution in [3.8, 4) is 0 Å². The number of hydrogen-bond acceptors (Lipinski definition) is 5. The summed E-state index contributed by atoms with van der Waals surface area (Å²) in [6.07, 6.45) is 2.97. The lowest BCUT2D eigenvalue weighted by atomic mass is 9.82. The molecule has 3 aliphatic rings. The highest BCUT2D eigenvalue weighted by Crippen LogP contribution is 2.36. The number of amides is 1. The van der Waals surface area contributed by atoms with Crippen LogP contribution < -0.4 is 10.5 Å². The number of nitrogens with zero attached hydrogens (tertiary/aromatic N) is 5. The van der Waals surface area contributed by atoms with Gasteiger partial charge in [0.15, 0.2) is 0 Å². The van der Waals surface area contributed by atoms with E-state index in [1.807, 2.05) is 30.5 Å². The Bertz CT molecular complexity index is 1010. The van der Waals surface area contributed by atoms with Crippen LogP contribution in [-0.2, 0) is 11.3 Å². The van der Waals surface area contributed by atoms with Crippen LogP contribution in [0.15, 0.2) is 29.1 Å². The van der Waals surface area contributed by atoms with Crippen molar-refractivity contribution >= 4 is 11.9 Å². The number of pyridine rings is 1. The maximum Gasteiger partial charge on any atom is 0.250 e. The van der Waals surface area contributed by atoms with Crippen molar-refractivity contribution in [2.75, 3.05) is 31.1 Å². The number of anilines is 1. The van der Waals surface area contributed by atoms with Crippen molar-refractivity contribution in [3.63, 3.8) is 0 Å². The molecule has 1 amide bonds. The second-order valence-electron chi connectivity index (χ2n) is 9.18. The molecule has 158 valence electrons. The standard InChI is InChI=1S/C23H29N5O2/c1-15-9-16(2)25-23(24-15)26-8-4-5-18(13-26)22(30)27-11-17-10-19(14-27)20-6-3-7-21(29)28(20)12-17/h3,6-7,9,17-19H,4-5,8,10-14H2,1-2H3/t17-,18?,19+/m1/s1. The fourth-order valence-electron chi connectivity index (χ4n) is 5.54. The highest BCUT2D eigenvalue weighted by molar-refractivity contribution is 5.80. The van der Waals surface area contributed by atoms with E-state index in [1.54, 1.807) is 6.07 Å². The average molecular weight is 408 g/mol. The van der Waals surface area contributed by atoms with Gasteiger partial charge in [0, 0.05) is 61.8 Å². The molecule has 30 heavy (non-hydrogen) atoms. The molecule has 2 bridgehead atoms. The molecule has 7 heteroatoms. The molecule has 5 heterocycles. The van der Waals surface area contributed by atoms with E-state index < -0.39 is 0 Å². The summed E-state index contributed by atoms with van der Waals surface area (Å²) in [6, 6.07) is 7.51. The number of likely N-dealkylation sites (tertiary alicyclic amines) is 1. The van der Waals surface area contributed by atoms with Crippen LogP contribution in [0.25, 0.3) is 0 Å². The second-order valence-corrected chi connectivity index (χ2v) is 9.18. The summed E-state index contributed by atoms with van der Waals surface area (Å²) in [4.78, 5) is 39.1. The van der Waals surface area contributed by atoms with Gasteiger partial charge in [-0.25, -0.2) is 9.97 Å². The zero-order valence-electron chi connectivity index (χ0n) is 17.8. The predicted molar refractivity (Wildman–Crippen MR) is 115 cm³/mol. The summed E-state index contributed by atoms with van der Waals surface area (Å²) >= 11 is 0. The van der Waals surface area contributed by atoms with Crippen molar-refractivity contribution in [1.29, 1.82) is 0 Å². The maximum absolute atomic E-state index is 13.5. The molecule has 2 saturated heterocycles. The average Bonchev–Trinajstić information content (AvgIpc) is 2.73. The first-order chi connectivity index (χ1) is 14.5.